The molecular formula is C14H13N3OS2. The van der Waals surface area contributed by atoms with Gasteiger partial charge in [0.1, 0.15) is 12.4 Å². The minimum Gasteiger partial charge on any atom is -0.487 e. The van der Waals surface area contributed by atoms with Crippen molar-refractivity contribution >= 4 is 33.5 Å². The van der Waals surface area contributed by atoms with E-state index in [1.165, 1.54) is 0 Å². The van der Waals surface area contributed by atoms with Crippen molar-refractivity contribution in [2.45, 2.75) is 13.0 Å². The zero-order chi connectivity index (χ0) is 13.9. The Bertz CT molecular complexity index is 702. The number of fused-ring (bicyclic) bond motifs is 1. The Hall–Kier alpha value is -1.92. The smallest absolute Gasteiger partial charge is 0.193 e. The maximum absolute atomic E-state index is 5.72. The van der Waals surface area contributed by atoms with Crippen molar-refractivity contribution in [2.24, 2.45) is 5.73 Å². The number of aromatic nitrogens is 2. The highest BCUT2D eigenvalue weighted by molar-refractivity contribution is 7.80. The molecule has 0 fully saturated rings. The molecule has 3 aromatic rings. The Kier molecular flexibility index (Phi) is 3.66. The zero-order valence-corrected chi connectivity index (χ0v) is 12.3. The molecule has 20 heavy (non-hydrogen) atoms. The van der Waals surface area contributed by atoms with Crippen LogP contribution in [0, 0.1) is 0 Å². The van der Waals surface area contributed by atoms with Crippen LogP contribution in [0.15, 0.2) is 42.0 Å². The molecule has 1 aromatic carbocycles. The predicted molar refractivity (Wildman–Crippen MR) is 84.3 cm³/mol. The lowest BCUT2D eigenvalue weighted by Gasteiger charge is -2.05. The first-order valence-electron chi connectivity index (χ1n) is 6.12. The minimum atomic E-state index is 0.461. The van der Waals surface area contributed by atoms with Crippen molar-refractivity contribution in [1.29, 1.82) is 0 Å². The number of benzene rings is 1. The summed E-state index contributed by atoms with van der Waals surface area (Å²) in [6.07, 6.45) is 4.58. The zero-order valence-electron chi connectivity index (χ0n) is 10.7. The van der Waals surface area contributed by atoms with Crippen LogP contribution in [0.3, 0.4) is 0 Å². The molecule has 0 atom stereocenters. The van der Waals surface area contributed by atoms with E-state index < -0.39 is 0 Å². The summed E-state index contributed by atoms with van der Waals surface area (Å²) in [4.78, 5) is 5.95. The molecule has 0 unspecified atom stereocenters. The molecule has 3 rings (SSSR count). The Morgan fingerprint density at radius 2 is 2.15 bits per heavy atom. The number of hydrogen-bond acceptors (Lipinski definition) is 4. The van der Waals surface area contributed by atoms with Gasteiger partial charge < -0.3 is 10.5 Å². The van der Waals surface area contributed by atoms with Gasteiger partial charge >= 0.3 is 0 Å². The minimum absolute atomic E-state index is 0.461. The lowest BCUT2D eigenvalue weighted by Crippen LogP contribution is -2.10. The van der Waals surface area contributed by atoms with Gasteiger partial charge in [0.2, 0.25) is 0 Å². The summed E-state index contributed by atoms with van der Waals surface area (Å²) in [5.74, 6) is 0.813. The molecule has 0 aliphatic rings. The molecule has 0 amide bonds. The fourth-order valence-electron chi connectivity index (χ4n) is 1.91. The third kappa shape index (κ3) is 2.97. The first-order valence-corrected chi connectivity index (χ1v) is 7.40. The van der Waals surface area contributed by atoms with Gasteiger partial charge in [0, 0.05) is 24.2 Å². The van der Waals surface area contributed by atoms with Crippen LogP contribution in [0.4, 0.5) is 0 Å². The van der Waals surface area contributed by atoms with Crippen LogP contribution in [-0.4, -0.2) is 14.4 Å². The summed E-state index contributed by atoms with van der Waals surface area (Å²) in [5.41, 5.74) is 7.53. The molecule has 0 spiro atoms. The Morgan fingerprint density at radius 1 is 1.35 bits per heavy atom. The van der Waals surface area contributed by atoms with Crippen molar-refractivity contribution in [1.82, 2.24) is 9.38 Å². The van der Waals surface area contributed by atoms with E-state index in [1.54, 1.807) is 11.3 Å². The van der Waals surface area contributed by atoms with Crippen molar-refractivity contribution in [3.63, 3.8) is 0 Å². The maximum atomic E-state index is 5.72. The van der Waals surface area contributed by atoms with Crippen molar-refractivity contribution in [2.75, 3.05) is 0 Å². The molecule has 102 valence electrons. The Morgan fingerprint density at radius 3 is 2.85 bits per heavy atom. The molecule has 0 radical (unpaired) electrons. The van der Waals surface area contributed by atoms with Gasteiger partial charge in [-0.1, -0.05) is 24.4 Å². The van der Waals surface area contributed by atoms with Gasteiger partial charge in [-0.05, 0) is 17.7 Å². The second-order valence-electron chi connectivity index (χ2n) is 4.40. The number of rotatable bonds is 5. The Balaban J connectivity index is 1.63. The van der Waals surface area contributed by atoms with Crippen LogP contribution in [0.1, 0.15) is 11.3 Å². The number of thiocarbonyl (C=S) groups is 1. The van der Waals surface area contributed by atoms with Crippen molar-refractivity contribution in [3.8, 4) is 5.75 Å². The molecule has 0 aliphatic heterocycles. The summed E-state index contributed by atoms with van der Waals surface area (Å²) in [7, 11) is 0. The molecule has 4 nitrogen and oxygen atoms in total. The summed E-state index contributed by atoms with van der Waals surface area (Å²) in [5, 5.41) is 2.01. The summed E-state index contributed by atoms with van der Waals surface area (Å²) in [6, 6.07) is 7.79. The van der Waals surface area contributed by atoms with E-state index in [9.17, 15) is 0 Å². The highest BCUT2D eigenvalue weighted by atomic mass is 32.1. The second kappa shape index (κ2) is 5.60. The van der Waals surface area contributed by atoms with E-state index in [4.69, 9.17) is 22.7 Å². The quantitative estimate of drug-likeness (QED) is 0.736. The summed E-state index contributed by atoms with van der Waals surface area (Å²) >= 11 is 6.50. The molecule has 0 aliphatic carbocycles. The predicted octanol–water partition coefficient (Wildman–Crippen LogP) is 2.80. The third-order valence-corrected chi connectivity index (χ3v) is 3.75. The monoisotopic (exact) mass is 303 g/mol. The van der Waals surface area contributed by atoms with E-state index in [0.29, 0.717) is 18.0 Å². The number of hydrogen-bond donors (Lipinski definition) is 1. The number of thiazole rings is 1. The lowest BCUT2D eigenvalue weighted by atomic mass is 10.1. The van der Waals surface area contributed by atoms with Crippen molar-refractivity contribution in [3.05, 3.63) is 53.3 Å². The average Bonchev–Trinajstić information content (AvgIpc) is 2.98. The molecule has 0 saturated carbocycles. The van der Waals surface area contributed by atoms with Crippen LogP contribution >= 0.6 is 23.6 Å². The normalized spacial score (nSPS) is 10.8. The Labute approximate surface area is 125 Å². The van der Waals surface area contributed by atoms with Gasteiger partial charge in [-0.2, -0.15) is 0 Å². The highest BCUT2D eigenvalue weighted by Crippen LogP contribution is 2.16. The van der Waals surface area contributed by atoms with E-state index in [1.807, 2.05) is 46.4 Å². The summed E-state index contributed by atoms with van der Waals surface area (Å²) < 4.78 is 7.71. The third-order valence-electron chi connectivity index (χ3n) is 2.83. The SMILES string of the molecule is NC(=S)Cc1ccc(OCc2cn3ccsc3n2)cc1. The summed E-state index contributed by atoms with van der Waals surface area (Å²) in [6.45, 7) is 0.461. The molecule has 0 saturated heterocycles. The van der Waals surface area contributed by atoms with Crippen LogP contribution in [0.2, 0.25) is 0 Å². The average molecular weight is 303 g/mol. The van der Waals surface area contributed by atoms with Gasteiger partial charge in [-0.25, -0.2) is 4.98 Å². The molecule has 2 aromatic heterocycles. The largest absolute Gasteiger partial charge is 0.487 e. The first-order chi connectivity index (χ1) is 9.70. The van der Waals surface area contributed by atoms with E-state index in [0.717, 1.165) is 22.0 Å². The van der Waals surface area contributed by atoms with E-state index in [2.05, 4.69) is 4.98 Å². The van der Waals surface area contributed by atoms with Crippen LogP contribution in [-0.2, 0) is 13.0 Å². The fourth-order valence-corrected chi connectivity index (χ4v) is 2.79. The topological polar surface area (TPSA) is 52.5 Å². The molecule has 0 bridgehead atoms. The molecule has 6 heteroatoms. The lowest BCUT2D eigenvalue weighted by molar-refractivity contribution is 0.302. The number of imidazole rings is 1. The molecular weight excluding hydrogens is 290 g/mol. The van der Waals surface area contributed by atoms with E-state index in [-0.39, 0.29) is 0 Å². The van der Waals surface area contributed by atoms with E-state index >= 15 is 0 Å². The first kappa shape index (κ1) is 13.1. The van der Waals surface area contributed by atoms with Gasteiger partial charge in [0.25, 0.3) is 0 Å². The number of nitrogens with two attached hydrogens (primary N) is 1. The number of nitrogens with zero attached hydrogens (tertiary/aromatic N) is 2. The maximum Gasteiger partial charge on any atom is 0.193 e. The van der Waals surface area contributed by atoms with Gasteiger partial charge in [0.05, 0.1) is 10.7 Å². The van der Waals surface area contributed by atoms with Crippen LogP contribution in [0.25, 0.3) is 4.96 Å². The van der Waals surface area contributed by atoms with Gasteiger partial charge in [-0.15, -0.1) is 11.3 Å². The van der Waals surface area contributed by atoms with Crippen molar-refractivity contribution < 1.29 is 4.74 Å². The fraction of sp³-hybridized carbons (Fsp3) is 0.143. The van der Waals surface area contributed by atoms with Crippen LogP contribution in [0.5, 0.6) is 5.75 Å². The second-order valence-corrected chi connectivity index (χ2v) is 5.80. The van der Waals surface area contributed by atoms with Crippen LogP contribution < -0.4 is 10.5 Å². The highest BCUT2D eigenvalue weighted by Gasteiger charge is 2.03. The standard InChI is InChI=1S/C14H13N3OS2/c15-13(19)7-10-1-3-12(4-2-10)18-9-11-8-17-5-6-20-14(17)16-11/h1-6,8H,7,9H2,(H2,15,19). The number of ether oxygens (including phenoxy) is 1. The molecule has 2 N–H and O–H groups in total. The van der Waals surface area contributed by atoms with Gasteiger partial charge in [-0.3, -0.25) is 4.40 Å². The van der Waals surface area contributed by atoms with Gasteiger partial charge in [0.15, 0.2) is 4.96 Å². The molecule has 2 heterocycles.